The van der Waals surface area contributed by atoms with Crippen LogP contribution >= 0.6 is 11.6 Å². The van der Waals surface area contributed by atoms with Gasteiger partial charge in [0, 0.05) is 23.2 Å². The zero-order chi connectivity index (χ0) is 32.0. The third kappa shape index (κ3) is 7.72. The van der Waals surface area contributed by atoms with Crippen molar-refractivity contribution in [3.05, 3.63) is 87.9 Å². The molecule has 4 rings (SSSR count). The Bertz CT molecular complexity index is 1580. The van der Waals surface area contributed by atoms with Crippen molar-refractivity contribution in [3.63, 3.8) is 0 Å². The molecule has 44 heavy (non-hydrogen) atoms. The number of phenols is 1. The summed E-state index contributed by atoms with van der Waals surface area (Å²) in [4.78, 5) is 49.4. The summed E-state index contributed by atoms with van der Waals surface area (Å²) >= 11 is 6.18. The second-order valence-electron chi connectivity index (χ2n) is 9.87. The van der Waals surface area contributed by atoms with Crippen LogP contribution in [0.15, 0.2) is 59.6 Å². The first-order valence-corrected chi connectivity index (χ1v) is 13.8. The standard InChI is InChI=1S/C30H29ClF2N4O7/c1-3-24(16-4-6-23(29(40)41)25(38)10-16)35-30(42)37-15-27(36-44-22-12-20(32)11-21(33)13-22)34-14-18(28(37)39)8-17-9-19(31)5-7-26(17)43-2/h4-7,9-13,18,24,38H,3,8,14-15H2,1-2H3,(H,34,36)(H,35,42)(H,40,41)/t18?,24-/m1/s1. The van der Waals surface area contributed by atoms with Crippen molar-refractivity contribution in [2.45, 2.75) is 25.8 Å². The summed E-state index contributed by atoms with van der Waals surface area (Å²) in [5.41, 5.74) is 3.20. The second-order valence-corrected chi connectivity index (χ2v) is 10.3. The number of aromatic carboxylic acids is 1. The average molecular weight is 631 g/mol. The lowest BCUT2D eigenvalue weighted by Crippen LogP contribution is -2.50. The van der Waals surface area contributed by atoms with Crippen LogP contribution < -0.4 is 20.4 Å². The van der Waals surface area contributed by atoms with Gasteiger partial charge in [0.2, 0.25) is 5.91 Å². The maximum absolute atomic E-state index is 13.8. The number of rotatable bonds is 9. The van der Waals surface area contributed by atoms with Crippen LogP contribution in [0.4, 0.5) is 13.6 Å². The van der Waals surface area contributed by atoms with Crippen LogP contribution in [0.1, 0.15) is 40.9 Å². The van der Waals surface area contributed by atoms with Gasteiger partial charge in [0.25, 0.3) is 0 Å². The molecule has 0 saturated carbocycles. The number of hydroxylamine groups is 1. The van der Waals surface area contributed by atoms with E-state index < -0.39 is 47.3 Å². The van der Waals surface area contributed by atoms with Gasteiger partial charge >= 0.3 is 12.0 Å². The van der Waals surface area contributed by atoms with Crippen molar-refractivity contribution >= 4 is 35.3 Å². The number of hydrogen-bond acceptors (Lipinski definition) is 8. The number of nitrogens with zero attached hydrogens (tertiary/aromatic N) is 2. The summed E-state index contributed by atoms with van der Waals surface area (Å²) in [5, 5.41) is 22.6. The third-order valence-electron chi connectivity index (χ3n) is 6.86. The Kier molecular flexibility index (Phi) is 10.2. The van der Waals surface area contributed by atoms with E-state index in [9.17, 15) is 33.4 Å². The number of amides is 3. The highest BCUT2D eigenvalue weighted by Crippen LogP contribution is 2.28. The molecule has 14 heteroatoms. The van der Waals surface area contributed by atoms with Crippen LogP contribution in [0.3, 0.4) is 0 Å². The van der Waals surface area contributed by atoms with Crippen molar-refractivity contribution < 1.29 is 43.0 Å². The van der Waals surface area contributed by atoms with Gasteiger partial charge in [-0.25, -0.2) is 23.9 Å². The fraction of sp³-hybridized carbons (Fsp3) is 0.267. The van der Waals surface area contributed by atoms with Gasteiger partial charge < -0.3 is 25.1 Å². The van der Waals surface area contributed by atoms with Crippen molar-refractivity contribution in [1.29, 1.82) is 0 Å². The molecule has 0 spiro atoms. The maximum atomic E-state index is 13.8. The molecule has 1 aliphatic rings. The van der Waals surface area contributed by atoms with E-state index in [1.54, 1.807) is 25.1 Å². The molecular weight excluding hydrogens is 602 g/mol. The number of methoxy groups -OCH3 is 1. The molecule has 0 fully saturated rings. The monoisotopic (exact) mass is 630 g/mol. The van der Waals surface area contributed by atoms with Gasteiger partial charge in [-0.05, 0) is 54.3 Å². The third-order valence-corrected chi connectivity index (χ3v) is 7.10. The quantitative estimate of drug-likeness (QED) is 0.245. The number of nitrogens with one attached hydrogen (secondary N) is 2. The lowest BCUT2D eigenvalue weighted by molar-refractivity contribution is -0.131. The van der Waals surface area contributed by atoms with Gasteiger partial charge in [0.05, 0.1) is 32.2 Å². The van der Waals surface area contributed by atoms with Crippen LogP contribution in [0.5, 0.6) is 17.2 Å². The molecule has 3 aromatic rings. The topological polar surface area (TPSA) is 150 Å². The van der Waals surface area contributed by atoms with E-state index in [1.165, 1.54) is 25.3 Å². The van der Waals surface area contributed by atoms with E-state index in [-0.39, 0.29) is 36.7 Å². The molecule has 4 N–H and O–H groups in total. The van der Waals surface area contributed by atoms with E-state index >= 15 is 0 Å². The van der Waals surface area contributed by atoms with Crippen molar-refractivity contribution in [3.8, 4) is 17.2 Å². The molecule has 1 heterocycles. The zero-order valence-electron chi connectivity index (χ0n) is 23.6. The second kappa shape index (κ2) is 14.0. The van der Waals surface area contributed by atoms with E-state index in [4.69, 9.17) is 21.2 Å². The Balaban J connectivity index is 1.61. The number of imide groups is 1. The molecule has 2 atom stereocenters. The van der Waals surface area contributed by atoms with Gasteiger partial charge in [-0.15, -0.1) is 0 Å². The molecule has 232 valence electrons. The van der Waals surface area contributed by atoms with Crippen LogP contribution in [0.2, 0.25) is 5.02 Å². The van der Waals surface area contributed by atoms with Gasteiger partial charge in [0.1, 0.15) is 28.7 Å². The highest BCUT2D eigenvalue weighted by atomic mass is 35.5. The molecule has 11 nitrogen and oxygen atoms in total. The average Bonchev–Trinajstić information content (AvgIpc) is 3.12. The summed E-state index contributed by atoms with van der Waals surface area (Å²) in [6, 6.07) is 9.88. The SMILES string of the molecule is CC[C@@H](NC(=O)N1CC(NOc2cc(F)cc(F)c2)=NCC(Cc2cc(Cl)ccc2OC)C1=O)c1ccc(C(=O)O)c(O)c1. The van der Waals surface area contributed by atoms with E-state index in [0.29, 0.717) is 34.4 Å². The number of hydrogen-bond donors (Lipinski definition) is 4. The normalized spacial score (nSPS) is 15.6. The van der Waals surface area contributed by atoms with E-state index in [1.807, 2.05) is 0 Å². The fourth-order valence-electron chi connectivity index (χ4n) is 4.66. The van der Waals surface area contributed by atoms with Crippen LogP contribution in [0, 0.1) is 17.6 Å². The summed E-state index contributed by atoms with van der Waals surface area (Å²) < 4.78 is 32.7. The Labute approximate surface area is 256 Å². The first-order chi connectivity index (χ1) is 21.0. The number of carboxylic acid groups (broad SMARTS) is 1. The molecule has 0 radical (unpaired) electrons. The molecular formula is C30H29ClF2N4O7. The van der Waals surface area contributed by atoms with Crippen LogP contribution in [0.25, 0.3) is 0 Å². The van der Waals surface area contributed by atoms with Crippen molar-refractivity contribution in [1.82, 2.24) is 15.7 Å². The number of benzene rings is 3. The summed E-state index contributed by atoms with van der Waals surface area (Å²) in [6.07, 6.45) is 0.442. The number of halogens is 3. The highest BCUT2D eigenvalue weighted by molar-refractivity contribution is 6.30. The van der Waals surface area contributed by atoms with E-state index in [0.717, 1.165) is 17.0 Å². The Morgan fingerprint density at radius 1 is 1.14 bits per heavy atom. The number of carbonyl (C=O) groups excluding carboxylic acids is 2. The Hall–Kier alpha value is -4.91. The molecule has 0 bridgehead atoms. The zero-order valence-corrected chi connectivity index (χ0v) is 24.4. The lowest BCUT2D eigenvalue weighted by Gasteiger charge is -2.26. The number of aromatic hydroxyl groups is 1. The maximum Gasteiger partial charge on any atom is 0.339 e. The molecule has 3 amide bonds. The minimum absolute atomic E-state index is 0.0234. The van der Waals surface area contributed by atoms with Gasteiger partial charge in [0.15, 0.2) is 11.6 Å². The predicted octanol–water partition coefficient (Wildman–Crippen LogP) is 4.87. The number of carbonyl (C=O) groups is 3. The summed E-state index contributed by atoms with van der Waals surface area (Å²) in [6.45, 7) is 1.29. The Morgan fingerprint density at radius 2 is 1.86 bits per heavy atom. The molecule has 3 aromatic carbocycles. The molecule has 1 unspecified atom stereocenters. The number of urea groups is 1. The van der Waals surface area contributed by atoms with Crippen molar-refractivity contribution in [2.75, 3.05) is 20.2 Å². The number of carboxylic acids is 1. The molecule has 0 saturated heterocycles. The largest absolute Gasteiger partial charge is 0.507 e. The smallest absolute Gasteiger partial charge is 0.339 e. The molecule has 1 aliphatic heterocycles. The summed E-state index contributed by atoms with van der Waals surface area (Å²) in [5.74, 6) is -4.66. The Morgan fingerprint density at radius 3 is 2.50 bits per heavy atom. The first kappa shape index (κ1) is 32.0. The van der Waals surface area contributed by atoms with E-state index in [2.05, 4.69) is 15.8 Å². The lowest BCUT2D eigenvalue weighted by atomic mass is 9.97. The van der Waals surface area contributed by atoms with Gasteiger partial charge in [-0.1, -0.05) is 24.6 Å². The minimum atomic E-state index is -1.31. The van der Waals surface area contributed by atoms with Crippen molar-refractivity contribution in [2.24, 2.45) is 10.9 Å². The first-order valence-electron chi connectivity index (χ1n) is 13.4. The number of aliphatic imine (C=N–C) groups is 1. The minimum Gasteiger partial charge on any atom is -0.507 e. The highest BCUT2D eigenvalue weighted by Gasteiger charge is 2.34. The van der Waals surface area contributed by atoms with Gasteiger partial charge in [-0.3, -0.25) is 14.7 Å². The van der Waals surface area contributed by atoms with Gasteiger partial charge in [-0.2, -0.15) is 0 Å². The van der Waals surface area contributed by atoms with Crippen LogP contribution in [-0.4, -0.2) is 59.1 Å². The number of amidine groups is 1. The fourth-order valence-corrected chi connectivity index (χ4v) is 4.85. The molecule has 0 aliphatic carbocycles. The molecule has 0 aromatic heterocycles. The summed E-state index contributed by atoms with van der Waals surface area (Å²) in [7, 11) is 1.47. The van der Waals surface area contributed by atoms with Crippen LogP contribution in [-0.2, 0) is 11.2 Å². The predicted molar refractivity (Wildman–Crippen MR) is 156 cm³/mol. The number of ether oxygens (including phenoxy) is 1.